The number of hydrogen-bond donors (Lipinski definition) is 3. The van der Waals surface area contributed by atoms with Crippen LogP contribution in [0, 0.1) is 6.92 Å². The highest BCUT2D eigenvalue weighted by Crippen LogP contribution is 2.51. The quantitative estimate of drug-likeness (QED) is 0.183. The first-order chi connectivity index (χ1) is 23.7. The number of carbonyl (C=O) groups is 2. The molecule has 2 heterocycles. The van der Waals surface area contributed by atoms with Gasteiger partial charge in [-0.05, 0) is 78.9 Å². The molecule has 3 aromatic carbocycles. The first-order valence-electron chi connectivity index (χ1n) is 15.8. The van der Waals surface area contributed by atoms with E-state index in [0.717, 1.165) is 16.8 Å². The SMILES string of the molecule is COc1ccc(-c2oc3c(=O)cc4c(cc3c2CC(=O)NCc2cn[nH]c2C)-c2c(cc(OC)c(OC)c2OC)CC[C@@H]4NC(C)=O)cc1. The lowest BCUT2D eigenvalue weighted by molar-refractivity contribution is -0.121. The number of rotatable bonds is 10. The zero-order chi connectivity index (χ0) is 34.8. The molecule has 2 amide bonds. The summed E-state index contributed by atoms with van der Waals surface area (Å²) in [7, 11) is 6.21. The van der Waals surface area contributed by atoms with Crippen LogP contribution >= 0.6 is 0 Å². The van der Waals surface area contributed by atoms with Crippen molar-refractivity contribution in [3.05, 3.63) is 86.8 Å². The van der Waals surface area contributed by atoms with Gasteiger partial charge in [-0.15, -0.1) is 0 Å². The van der Waals surface area contributed by atoms with E-state index in [1.807, 2.05) is 31.2 Å². The summed E-state index contributed by atoms with van der Waals surface area (Å²) < 4.78 is 29.1. The molecular formula is C37H38N4O8. The fraction of sp³-hybridized carbons (Fsp3) is 0.297. The van der Waals surface area contributed by atoms with Gasteiger partial charge in [0.1, 0.15) is 11.5 Å². The molecule has 49 heavy (non-hydrogen) atoms. The second-order valence-corrected chi connectivity index (χ2v) is 11.8. The molecule has 1 aliphatic carbocycles. The van der Waals surface area contributed by atoms with Crippen molar-refractivity contribution >= 4 is 22.8 Å². The summed E-state index contributed by atoms with van der Waals surface area (Å²) in [5, 5.41) is 13.4. The minimum Gasteiger partial charge on any atom is -0.497 e. The summed E-state index contributed by atoms with van der Waals surface area (Å²) in [6.07, 6.45) is 2.62. The Morgan fingerprint density at radius 2 is 1.76 bits per heavy atom. The van der Waals surface area contributed by atoms with Crippen molar-refractivity contribution in [1.82, 2.24) is 20.8 Å². The van der Waals surface area contributed by atoms with Crippen molar-refractivity contribution in [3.8, 4) is 45.4 Å². The van der Waals surface area contributed by atoms with Gasteiger partial charge in [-0.3, -0.25) is 19.5 Å². The lowest BCUT2D eigenvalue weighted by Gasteiger charge is -2.20. The molecule has 12 nitrogen and oxygen atoms in total. The van der Waals surface area contributed by atoms with E-state index in [4.69, 9.17) is 23.4 Å². The Morgan fingerprint density at radius 3 is 2.39 bits per heavy atom. The first-order valence-corrected chi connectivity index (χ1v) is 15.8. The van der Waals surface area contributed by atoms with Crippen LogP contribution in [0.3, 0.4) is 0 Å². The zero-order valence-electron chi connectivity index (χ0n) is 28.2. The van der Waals surface area contributed by atoms with Crippen LogP contribution in [-0.4, -0.2) is 50.5 Å². The number of nitrogens with one attached hydrogen (secondary N) is 3. The lowest BCUT2D eigenvalue weighted by atomic mass is 9.94. The van der Waals surface area contributed by atoms with Crippen LogP contribution in [0.5, 0.6) is 23.0 Å². The van der Waals surface area contributed by atoms with Crippen LogP contribution in [0.25, 0.3) is 33.4 Å². The van der Waals surface area contributed by atoms with Crippen molar-refractivity contribution in [2.75, 3.05) is 28.4 Å². The summed E-state index contributed by atoms with van der Waals surface area (Å²) in [6, 6.07) is 12.0. The molecule has 0 aliphatic heterocycles. The van der Waals surface area contributed by atoms with Gasteiger partial charge in [0.2, 0.25) is 23.0 Å². The smallest absolute Gasteiger partial charge is 0.224 e. The Bertz CT molecular complexity index is 2120. The predicted molar refractivity (Wildman–Crippen MR) is 183 cm³/mol. The van der Waals surface area contributed by atoms with Crippen LogP contribution in [0.2, 0.25) is 0 Å². The number of ether oxygens (including phenoxy) is 4. The summed E-state index contributed by atoms with van der Waals surface area (Å²) >= 11 is 0. The fourth-order valence-corrected chi connectivity index (χ4v) is 6.50. The number of aryl methyl sites for hydroxylation is 2. The topological polar surface area (TPSA) is 154 Å². The summed E-state index contributed by atoms with van der Waals surface area (Å²) in [4.78, 5) is 40.2. The molecule has 1 aliphatic rings. The largest absolute Gasteiger partial charge is 0.497 e. The summed E-state index contributed by atoms with van der Waals surface area (Å²) in [5.74, 6) is 1.81. The van der Waals surface area contributed by atoms with Gasteiger partial charge in [0, 0.05) is 46.8 Å². The van der Waals surface area contributed by atoms with Crippen LogP contribution in [-0.2, 0) is 29.0 Å². The molecule has 1 atom stereocenters. The third kappa shape index (κ3) is 6.29. The van der Waals surface area contributed by atoms with Gasteiger partial charge in [-0.1, -0.05) is 0 Å². The molecule has 12 heteroatoms. The average Bonchev–Trinajstić information content (AvgIpc) is 3.60. The number of methoxy groups -OCH3 is 4. The molecule has 3 N–H and O–H groups in total. The van der Waals surface area contributed by atoms with Gasteiger partial charge in [0.15, 0.2) is 17.1 Å². The van der Waals surface area contributed by atoms with Crippen LogP contribution in [0.4, 0.5) is 0 Å². The average molecular weight is 667 g/mol. The summed E-state index contributed by atoms with van der Waals surface area (Å²) in [6.45, 7) is 3.60. The van der Waals surface area contributed by atoms with Gasteiger partial charge in [-0.25, -0.2) is 0 Å². The predicted octanol–water partition coefficient (Wildman–Crippen LogP) is 5.18. The van der Waals surface area contributed by atoms with Gasteiger partial charge in [0.05, 0.1) is 47.1 Å². The van der Waals surface area contributed by atoms with Crippen molar-refractivity contribution < 1.29 is 33.0 Å². The molecule has 0 spiro atoms. The van der Waals surface area contributed by atoms with Crippen LogP contribution in [0.15, 0.2) is 57.9 Å². The molecule has 0 saturated carbocycles. The van der Waals surface area contributed by atoms with Gasteiger partial charge >= 0.3 is 0 Å². The normalized spacial score (nSPS) is 13.6. The standard InChI is InChI=1S/C37H38N4O8/c1-19-23(18-39-41-19)17-38-32(44)16-28-27-14-26-25(15-30(43)35(27)49-34(28)21-7-10-24(45-3)11-8-21)29(40-20(2)42)12-9-22-13-31(46-4)36(47-5)37(48-6)33(22)26/h7-8,10-11,13-15,18,29H,9,12,16-17H2,1-6H3,(H,38,44)(H,39,41)(H,40,42)/t29-/m0/s1. The number of benzene rings is 2. The number of hydrogen-bond acceptors (Lipinski definition) is 9. The first kappa shape index (κ1) is 33.1. The maximum absolute atomic E-state index is 14.2. The van der Waals surface area contributed by atoms with E-state index in [1.54, 1.807) is 39.7 Å². The van der Waals surface area contributed by atoms with E-state index in [-0.39, 0.29) is 30.4 Å². The lowest BCUT2D eigenvalue weighted by Crippen LogP contribution is -2.26. The third-order valence-corrected chi connectivity index (χ3v) is 8.89. The van der Waals surface area contributed by atoms with Crippen molar-refractivity contribution in [1.29, 1.82) is 0 Å². The van der Waals surface area contributed by atoms with E-state index in [1.165, 1.54) is 20.1 Å². The molecule has 2 aromatic heterocycles. The van der Waals surface area contributed by atoms with Crippen molar-refractivity contribution in [2.24, 2.45) is 0 Å². The maximum atomic E-state index is 14.2. The number of amides is 2. The minimum atomic E-state index is -0.503. The van der Waals surface area contributed by atoms with E-state index >= 15 is 0 Å². The van der Waals surface area contributed by atoms with E-state index in [9.17, 15) is 14.4 Å². The van der Waals surface area contributed by atoms with Gasteiger partial charge < -0.3 is 34.0 Å². The van der Waals surface area contributed by atoms with Crippen molar-refractivity contribution in [3.63, 3.8) is 0 Å². The van der Waals surface area contributed by atoms with Crippen LogP contribution < -0.4 is 35.0 Å². The highest BCUT2D eigenvalue weighted by Gasteiger charge is 2.31. The van der Waals surface area contributed by atoms with E-state index < -0.39 is 11.5 Å². The molecule has 0 fully saturated rings. The Morgan fingerprint density at radius 1 is 1.00 bits per heavy atom. The molecule has 0 saturated heterocycles. The number of aromatic amines is 1. The molecule has 0 bridgehead atoms. The van der Waals surface area contributed by atoms with Crippen molar-refractivity contribution in [2.45, 2.75) is 45.7 Å². The Labute approximate surface area is 282 Å². The zero-order valence-corrected chi connectivity index (χ0v) is 28.2. The molecule has 0 unspecified atom stereocenters. The highest BCUT2D eigenvalue weighted by atomic mass is 16.5. The molecular weight excluding hydrogens is 628 g/mol. The van der Waals surface area contributed by atoms with Gasteiger partial charge in [0.25, 0.3) is 0 Å². The van der Waals surface area contributed by atoms with E-state index in [0.29, 0.717) is 74.8 Å². The number of H-pyrrole nitrogens is 1. The minimum absolute atomic E-state index is 0.0786. The number of aromatic nitrogens is 2. The second-order valence-electron chi connectivity index (χ2n) is 11.8. The number of carbonyl (C=O) groups excluding carboxylic acids is 2. The fourth-order valence-electron chi connectivity index (χ4n) is 6.50. The van der Waals surface area contributed by atoms with Gasteiger partial charge in [-0.2, -0.15) is 5.10 Å². The number of nitrogens with zero attached hydrogens (tertiary/aromatic N) is 1. The highest BCUT2D eigenvalue weighted by molar-refractivity contribution is 5.96. The molecule has 6 rings (SSSR count). The molecule has 254 valence electrons. The Balaban J connectivity index is 1.63. The molecule has 5 aromatic rings. The Hall–Kier alpha value is -5.78. The Kier molecular flexibility index (Phi) is 9.30. The van der Waals surface area contributed by atoms with E-state index in [2.05, 4.69) is 20.8 Å². The number of furan rings is 1. The maximum Gasteiger partial charge on any atom is 0.224 e. The molecule has 0 radical (unpaired) electrons. The second kappa shape index (κ2) is 13.8. The van der Waals surface area contributed by atoms with Crippen LogP contribution in [0.1, 0.15) is 47.3 Å². The summed E-state index contributed by atoms with van der Waals surface area (Å²) in [5.41, 5.74) is 5.38. The monoisotopic (exact) mass is 666 g/mol. The third-order valence-electron chi connectivity index (χ3n) is 8.89. The number of fused-ring (bicyclic) bond motifs is 4.